The second-order valence-corrected chi connectivity index (χ2v) is 7.68. The van der Waals surface area contributed by atoms with Gasteiger partial charge < -0.3 is 5.32 Å². The molecule has 2 aromatic carbocycles. The summed E-state index contributed by atoms with van der Waals surface area (Å²) in [7, 11) is -1.20. The summed E-state index contributed by atoms with van der Waals surface area (Å²) in [5, 5.41) is 3.11. The zero-order valence-electron chi connectivity index (χ0n) is 11.5. The van der Waals surface area contributed by atoms with Crippen molar-refractivity contribution in [3.63, 3.8) is 0 Å². The molecule has 0 unspecified atom stereocenters. The molecule has 0 radical (unpaired) electrons. The number of hydrogen-bond donors (Lipinski definition) is 1. The standard InChI is InChI=1S/C15H17NO2S2/c1-16-11-12-3-5-13(6-4-12)19-14-7-9-15(10-8-14)20(2,17)18/h3-10,16H,11H2,1-2H3. The van der Waals surface area contributed by atoms with Crippen molar-refractivity contribution in [3.8, 4) is 0 Å². The molecule has 0 fully saturated rings. The van der Waals surface area contributed by atoms with Crippen molar-refractivity contribution in [1.82, 2.24) is 5.32 Å². The first kappa shape index (κ1) is 15.1. The van der Waals surface area contributed by atoms with E-state index in [4.69, 9.17) is 0 Å². The van der Waals surface area contributed by atoms with Crippen molar-refractivity contribution in [3.05, 3.63) is 54.1 Å². The van der Waals surface area contributed by atoms with Gasteiger partial charge in [-0.2, -0.15) is 0 Å². The van der Waals surface area contributed by atoms with E-state index < -0.39 is 9.84 Å². The lowest BCUT2D eigenvalue weighted by Gasteiger charge is -2.05. The number of benzene rings is 2. The Bertz CT molecular complexity index is 662. The van der Waals surface area contributed by atoms with Crippen LogP contribution in [0.1, 0.15) is 5.56 Å². The van der Waals surface area contributed by atoms with Crippen molar-refractivity contribution in [2.45, 2.75) is 21.2 Å². The van der Waals surface area contributed by atoms with E-state index in [0.717, 1.165) is 16.3 Å². The quantitative estimate of drug-likeness (QED) is 0.922. The highest BCUT2D eigenvalue weighted by atomic mass is 32.2. The zero-order valence-corrected chi connectivity index (χ0v) is 13.1. The highest BCUT2D eigenvalue weighted by Crippen LogP contribution is 2.28. The van der Waals surface area contributed by atoms with E-state index in [2.05, 4.69) is 29.6 Å². The molecule has 0 bridgehead atoms. The summed E-state index contributed by atoms with van der Waals surface area (Å²) >= 11 is 1.62. The maximum atomic E-state index is 11.4. The molecule has 0 saturated heterocycles. The molecule has 3 nitrogen and oxygen atoms in total. The summed E-state index contributed by atoms with van der Waals surface area (Å²) in [5.74, 6) is 0. The monoisotopic (exact) mass is 307 g/mol. The number of rotatable bonds is 5. The molecule has 0 saturated carbocycles. The van der Waals surface area contributed by atoms with E-state index in [-0.39, 0.29) is 0 Å². The zero-order chi connectivity index (χ0) is 14.6. The highest BCUT2D eigenvalue weighted by Gasteiger charge is 2.06. The van der Waals surface area contributed by atoms with E-state index in [0.29, 0.717) is 4.90 Å². The van der Waals surface area contributed by atoms with Crippen LogP contribution in [-0.4, -0.2) is 21.7 Å². The molecule has 0 amide bonds. The van der Waals surface area contributed by atoms with Crippen LogP contribution in [0, 0.1) is 0 Å². The molecule has 0 spiro atoms. The fourth-order valence-corrected chi connectivity index (χ4v) is 3.22. The van der Waals surface area contributed by atoms with Crippen LogP contribution in [0.4, 0.5) is 0 Å². The number of sulfone groups is 1. The molecule has 0 heterocycles. The van der Waals surface area contributed by atoms with Gasteiger partial charge in [-0.15, -0.1) is 0 Å². The Morgan fingerprint density at radius 1 is 0.950 bits per heavy atom. The summed E-state index contributed by atoms with van der Waals surface area (Å²) in [4.78, 5) is 2.52. The first-order valence-electron chi connectivity index (χ1n) is 6.20. The van der Waals surface area contributed by atoms with E-state index in [1.165, 1.54) is 11.8 Å². The van der Waals surface area contributed by atoms with Gasteiger partial charge in [0.2, 0.25) is 0 Å². The molecule has 5 heteroatoms. The highest BCUT2D eigenvalue weighted by molar-refractivity contribution is 7.99. The SMILES string of the molecule is CNCc1ccc(Sc2ccc(S(C)(=O)=O)cc2)cc1. The Labute approximate surface area is 124 Å². The van der Waals surface area contributed by atoms with Crippen LogP contribution in [0.3, 0.4) is 0 Å². The van der Waals surface area contributed by atoms with Gasteiger partial charge in [0.25, 0.3) is 0 Å². The van der Waals surface area contributed by atoms with Crippen LogP contribution < -0.4 is 5.32 Å². The predicted octanol–water partition coefficient (Wildman–Crippen LogP) is 2.96. The molecule has 2 rings (SSSR count). The lowest BCUT2D eigenvalue weighted by Crippen LogP contribution is -2.04. The maximum Gasteiger partial charge on any atom is 0.175 e. The summed E-state index contributed by atoms with van der Waals surface area (Å²) in [5.41, 5.74) is 1.24. The third kappa shape index (κ3) is 4.10. The minimum atomic E-state index is -3.12. The normalized spacial score (nSPS) is 11.5. The van der Waals surface area contributed by atoms with Gasteiger partial charge in [-0.3, -0.25) is 0 Å². The minimum Gasteiger partial charge on any atom is -0.316 e. The van der Waals surface area contributed by atoms with Crippen molar-refractivity contribution < 1.29 is 8.42 Å². The van der Waals surface area contributed by atoms with Crippen LogP contribution in [0.15, 0.2) is 63.2 Å². The molecule has 0 aromatic heterocycles. The molecular weight excluding hydrogens is 290 g/mol. The molecular formula is C15H17NO2S2. The molecule has 0 aliphatic heterocycles. The number of nitrogens with one attached hydrogen (secondary N) is 1. The minimum absolute atomic E-state index is 0.353. The van der Waals surface area contributed by atoms with E-state index >= 15 is 0 Å². The molecule has 0 aliphatic carbocycles. The molecule has 20 heavy (non-hydrogen) atoms. The van der Waals surface area contributed by atoms with Crippen LogP contribution in [0.5, 0.6) is 0 Å². The topological polar surface area (TPSA) is 46.2 Å². The second-order valence-electron chi connectivity index (χ2n) is 4.52. The lowest BCUT2D eigenvalue weighted by molar-refractivity contribution is 0.602. The van der Waals surface area contributed by atoms with Crippen molar-refractivity contribution in [2.75, 3.05) is 13.3 Å². The summed E-state index contributed by atoms with van der Waals surface area (Å²) in [6, 6.07) is 15.3. The Hall–Kier alpha value is -1.30. The van der Waals surface area contributed by atoms with Gasteiger partial charge >= 0.3 is 0 Å². The van der Waals surface area contributed by atoms with Crippen molar-refractivity contribution in [1.29, 1.82) is 0 Å². The lowest BCUT2D eigenvalue weighted by atomic mass is 10.2. The summed E-state index contributed by atoms with van der Waals surface area (Å²) < 4.78 is 22.8. The van der Waals surface area contributed by atoms with Gasteiger partial charge in [0.05, 0.1) is 4.90 Å². The maximum absolute atomic E-state index is 11.4. The Balaban J connectivity index is 2.10. The van der Waals surface area contributed by atoms with Gasteiger partial charge in [-0.25, -0.2) is 8.42 Å². The Kier molecular flexibility index (Phi) is 4.86. The van der Waals surface area contributed by atoms with Gasteiger partial charge in [0.1, 0.15) is 0 Å². The predicted molar refractivity (Wildman–Crippen MR) is 82.9 cm³/mol. The van der Waals surface area contributed by atoms with Crippen LogP contribution in [-0.2, 0) is 16.4 Å². The van der Waals surface area contributed by atoms with Gasteiger partial charge in [-0.05, 0) is 49.0 Å². The van der Waals surface area contributed by atoms with Gasteiger partial charge in [0, 0.05) is 22.6 Å². The third-order valence-corrected chi connectivity index (χ3v) is 4.94. The summed E-state index contributed by atoms with van der Waals surface area (Å²) in [6.45, 7) is 0.855. The average Bonchev–Trinajstić information content (AvgIpc) is 2.41. The fourth-order valence-electron chi connectivity index (χ4n) is 1.77. The molecule has 106 valence electrons. The average molecular weight is 307 g/mol. The second kappa shape index (κ2) is 6.43. The van der Waals surface area contributed by atoms with E-state index in [1.54, 1.807) is 23.9 Å². The van der Waals surface area contributed by atoms with Crippen molar-refractivity contribution >= 4 is 21.6 Å². The third-order valence-electron chi connectivity index (χ3n) is 2.79. The first-order valence-corrected chi connectivity index (χ1v) is 8.91. The van der Waals surface area contributed by atoms with E-state index in [9.17, 15) is 8.42 Å². The molecule has 2 aromatic rings. The first-order chi connectivity index (χ1) is 9.49. The van der Waals surface area contributed by atoms with E-state index in [1.807, 2.05) is 19.2 Å². The Morgan fingerprint density at radius 3 is 1.90 bits per heavy atom. The molecule has 1 N–H and O–H groups in total. The number of hydrogen-bond acceptors (Lipinski definition) is 4. The van der Waals surface area contributed by atoms with Crippen molar-refractivity contribution in [2.24, 2.45) is 0 Å². The van der Waals surface area contributed by atoms with Crippen LogP contribution in [0.2, 0.25) is 0 Å². The largest absolute Gasteiger partial charge is 0.316 e. The fraction of sp³-hybridized carbons (Fsp3) is 0.200. The molecule has 0 aliphatic rings. The van der Waals surface area contributed by atoms with Crippen LogP contribution in [0.25, 0.3) is 0 Å². The Morgan fingerprint density at radius 2 is 1.45 bits per heavy atom. The van der Waals surface area contributed by atoms with Gasteiger partial charge in [-0.1, -0.05) is 23.9 Å². The van der Waals surface area contributed by atoms with Crippen LogP contribution >= 0.6 is 11.8 Å². The summed E-state index contributed by atoms with van der Waals surface area (Å²) in [6.07, 6.45) is 1.22. The smallest absolute Gasteiger partial charge is 0.175 e. The van der Waals surface area contributed by atoms with Gasteiger partial charge in [0.15, 0.2) is 9.84 Å². The molecule has 0 atom stereocenters.